The topological polar surface area (TPSA) is 99.7 Å². The third-order valence-corrected chi connectivity index (χ3v) is 6.87. The molecule has 0 saturated carbocycles. The Bertz CT molecular complexity index is 1320. The van der Waals surface area contributed by atoms with Gasteiger partial charge in [0.25, 0.3) is 11.8 Å². The van der Waals surface area contributed by atoms with Gasteiger partial charge in [-0.15, -0.1) is 0 Å². The molecule has 2 aromatic carbocycles. The van der Waals surface area contributed by atoms with Crippen LogP contribution in [0, 0.1) is 0 Å². The summed E-state index contributed by atoms with van der Waals surface area (Å²) in [6.45, 7) is 1.78. The van der Waals surface area contributed by atoms with Crippen LogP contribution in [-0.4, -0.2) is 67.1 Å². The number of nitrogens with one attached hydrogen (secondary N) is 1. The molecule has 0 unspecified atom stereocenters. The summed E-state index contributed by atoms with van der Waals surface area (Å²) in [5.41, 5.74) is 2.46. The smallest absolute Gasteiger partial charge is 0.257 e. The van der Waals surface area contributed by atoms with E-state index in [1.54, 1.807) is 46.3 Å². The second-order valence-corrected chi connectivity index (χ2v) is 9.71. The van der Waals surface area contributed by atoms with Crippen molar-refractivity contribution in [1.29, 1.82) is 0 Å². The number of benzene rings is 2. The molecule has 182 valence electrons. The summed E-state index contributed by atoms with van der Waals surface area (Å²) in [4.78, 5) is 33.5. The predicted molar refractivity (Wildman–Crippen MR) is 137 cm³/mol. The highest BCUT2D eigenvalue weighted by atomic mass is 35.5. The molecule has 2 amide bonds. The molecule has 8 nitrogen and oxygen atoms in total. The van der Waals surface area contributed by atoms with Gasteiger partial charge < -0.3 is 10.2 Å². The van der Waals surface area contributed by atoms with Crippen molar-refractivity contribution in [2.75, 3.05) is 37.4 Å². The molecule has 1 aliphatic rings. The van der Waals surface area contributed by atoms with Crippen LogP contribution in [0.4, 0.5) is 5.69 Å². The maximum absolute atomic E-state index is 12.9. The predicted octanol–water partition coefficient (Wildman–Crippen LogP) is 3.63. The second kappa shape index (κ2) is 11.2. The maximum atomic E-state index is 12.9. The zero-order chi connectivity index (χ0) is 24.9. The van der Waals surface area contributed by atoms with Gasteiger partial charge in [-0.2, -0.15) is 0 Å². The molecule has 4 rings (SSSR count). The lowest BCUT2D eigenvalue weighted by atomic mass is 10.1. The van der Waals surface area contributed by atoms with Crippen LogP contribution in [0.15, 0.2) is 60.8 Å². The van der Waals surface area contributed by atoms with Crippen molar-refractivity contribution in [2.45, 2.75) is 0 Å². The molecule has 11 heteroatoms. The van der Waals surface area contributed by atoms with Crippen molar-refractivity contribution >= 4 is 51.4 Å². The van der Waals surface area contributed by atoms with Crippen molar-refractivity contribution in [3.63, 3.8) is 0 Å². The first-order valence-electron chi connectivity index (χ1n) is 10.8. The number of rotatable bonds is 6. The summed E-state index contributed by atoms with van der Waals surface area (Å²) < 4.78 is 21.8. The van der Waals surface area contributed by atoms with E-state index in [1.807, 2.05) is 12.1 Å². The minimum atomic E-state index is -2.49. The Morgan fingerprint density at radius 2 is 1.71 bits per heavy atom. The highest BCUT2D eigenvalue weighted by Gasteiger charge is 2.23. The highest BCUT2D eigenvalue weighted by molar-refractivity contribution is 7.72. The van der Waals surface area contributed by atoms with Gasteiger partial charge in [-0.05, 0) is 48.5 Å². The first kappa shape index (κ1) is 25.1. The van der Waals surface area contributed by atoms with Crippen LogP contribution in [0.3, 0.4) is 0 Å². The number of thiol groups is 1. The van der Waals surface area contributed by atoms with Gasteiger partial charge >= 0.3 is 0 Å². The minimum absolute atomic E-state index is 0.00995. The van der Waals surface area contributed by atoms with E-state index >= 15 is 0 Å². The second-order valence-electron chi connectivity index (χ2n) is 7.94. The molecular weight excluding hydrogens is 511 g/mol. The van der Waals surface area contributed by atoms with Crippen LogP contribution in [0.1, 0.15) is 20.7 Å². The fraction of sp³-hybridized carbons (Fsp3) is 0.208. The number of pyridine rings is 1. The summed E-state index contributed by atoms with van der Waals surface area (Å²) in [5.74, 6) is -0.657. The Kier molecular flexibility index (Phi) is 8.02. The standard InChI is InChI=1S/C24H22Cl2N4O4S/c25-20-7-5-17(14-19(20)22-3-1-2-8-27-22)28-23(31)18-6-4-16(13-21(18)26)24(32)30-11-9-29(10-12-30)15-35(33)34/h1-8,13-14,35H,9-12,15H2,(H,28,31). The van der Waals surface area contributed by atoms with Gasteiger partial charge in [0, 0.05) is 49.2 Å². The molecule has 1 fully saturated rings. The lowest BCUT2D eigenvalue weighted by Gasteiger charge is -2.33. The van der Waals surface area contributed by atoms with E-state index in [0.29, 0.717) is 53.7 Å². The van der Waals surface area contributed by atoms with Crippen LogP contribution in [-0.2, 0) is 10.7 Å². The Balaban J connectivity index is 1.44. The zero-order valence-corrected chi connectivity index (χ0v) is 20.9. The normalized spacial score (nSPS) is 14.2. The van der Waals surface area contributed by atoms with Crippen molar-refractivity contribution in [3.8, 4) is 11.3 Å². The van der Waals surface area contributed by atoms with E-state index in [1.165, 1.54) is 12.1 Å². The maximum Gasteiger partial charge on any atom is 0.257 e. The average molecular weight is 533 g/mol. The minimum Gasteiger partial charge on any atom is -0.336 e. The first-order chi connectivity index (χ1) is 16.8. The summed E-state index contributed by atoms with van der Waals surface area (Å²) in [7, 11) is -2.49. The molecule has 2 heterocycles. The highest BCUT2D eigenvalue weighted by Crippen LogP contribution is 2.30. The summed E-state index contributed by atoms with van der Waals surface area (Å²) in [6.07, 6.45) is 1.66. The van der Waals surface area contributed by atoms with Crippen LogP contribution in [0.25, 0.3) is 11.3 Å². The van der Waals surface area contributed by atoms with E-state index in [-0.39, 0.29) is 22.4 Å². The van der Waals surface area contributed by atoms with E-state index in [9.17, 15) is 18.0 Å². The third-order valence-electron chi connectivity index (χ3n) is 5.60. The lowest BCUT2D eigenvalue weighted by molar-refractivity contribution is 0.0657. The number of nitrogens with zero attached hydrogens (tertiary/aromatic N) is 3. The number of piperazine rings is 1. The number of hydrogen-bond donors (Lipinski definition) is 2. The van der Waals surface area contributed by atoms with Crippen molar-refractivity contribution in [1.82, 2.24) is 14.8 Å². The molecule has 0 bridgehead atoms. The van der Waals surface area contributed by atoms with Crippen molar-refractivity contribution in [2.24, 2.45) is 0 Å². The van der Waals surface area contributed by atoms with Gasteiger partial charge in [0.05, 0.1) is 27.2 Å². The number of carbonyl (C=O) groups excluding carboxylic acids is 2. The molecule has 1 aromatic heterocycles. The molecule has 0 radical (unpaired) electrons. The molecule has 1 saturated heterocycles. The quantitative estimate of drug-likeness (QED) is 0.470. The van der Waals surface area contributed by atoms with Crippen LogP contribution < -0.4 is 5.32 Å². The first-order valence-corrected chi connectivity index (χ1v) is 12.9. The Morgan fingerprint density at radius 3 is 2.37 bits per heavy atom. The number of hydrogen-bond acceptors (Lipinski definition) is 6. The van der Waals surface area contributed by atoms with E-state index in [2.05, 4.69) is 10.3 Å². The van der Waals surface area contributed by atoms with Crippen LogP contribution >= 0.6 is 23.2 Å². The van der Waals surface area contributed by atoms with Gasteiger partial charge in [0.15, 0.2) is 10.7 Å². The molecule has 35 heavy (non-hydrogen) atoms. The fourth-order valence-electron chi connectivity index (χ4n) is 3.79. The van der Waals surface area contributed by atoms with Crippen LogP contribution in [0.2, 0.25) is 10.0 Å². The molecule has 1 N–H and O–H groups in total. The van der Waals surface area contributed by atoms with Gasteiger partial charge in [-0.1, -0.05) is 29.3 Å². The van der Waals surface area contributed by atoms with E-state index in [4.69, 9.17) is 23.2 Å². The van der Waals surface area contributed by atoms with Crippen molar-refractivity contribution < 1.29 is 18.0 Å². The molecule has 0 atom stereocenters. The van der Waals surface area contributed by atoms with E-state index in [0.717, 1.165) is 0 Å². The third kappa shape index (κ3) is 6.18. The number of amides is 2. The molecular formula is C24H22Cl2N4O4S. The monoisotopic (exact) mass is 532 g/mol. The largest absolute Gasteiger partial charge is 0.336 e. The van der Waals surface area contributed by atoms with Gasteiger partial charge in [0.2, 0.25) is 0 Å². The number of anilines is 1. The number of aromatic nitrogens is 1. The molecule has 1 aliphatic heterocycles. The lowest BCUT2D eigenvalue weighted by Crippen LogP contribution is -2.49. The van der Waals surface area contributed by atoms with E-state index < -0.39 is 16.6 Å². The molecule has 0 spiro atoms. The van der Waals surface area contributed by atoms with Crippen LogP contribution in [0.5, 0.6) is 0 Å². The zero-order valence-electron chi connectivity index (χ0n) is 18.5. The number of halogens is 2. The summed E-state index contributed by atoms with van der Waals surface area (Å²) in [6, 6.07) is 15.1. The Labute approximate surface area is 214 Å². The van der Waals surface area contributed by atoms with Gasteiger partial charge in [-0.25, -0.2) is 8.42 Å². The van der Waals surface area contributed by atoms with Crippen molar-refractivity contribution in [3.05, 3.63) is 82.0 Å². The average Bonchev–Trinajstić information content (AvgIpc) is 2.85. The molecule has 0 aliphatic carbocycles. The summed E-state index contributed by atoms with van der Waals surface area (Å²) in [5, 5.41) is 3.46. The number of carbonyl (C=O) groups is 2. The fourth-order valence-corrected chi connectivity index (χ4v) is 4.88. The Morgan fingerprint density at radius 1 is 0.943 bits per heavy atom. The molecule has 3 aromatic rings. The Hall–Kier alpha value is -2.98. The van der Waals surface area contributed by atoms with Gasteiger partial charge in [0.1, 0.15) is 0 Å². The van der Waals surface area contributed by atoms with Gasteiger partial charge in [-0.3, -0.25) is 19.5 Å². The summed E-state index contributed by atoms with van der Waals surface area (Å²) >= 11 is 12.7. The SMILES string of the molecule is O=C(Nc1ccc(Cl)c(-c2ccccn2)c1)c1ccc(C(=O)N2CCN(C[SH](=O)=O)CC2)cc1Cl.